The maximum Gasteiger partial charge on any atom is 0.233 e. The Hall–Kier alpha value is -2.62. The summed E-state index contributed by atoms with van der Waals surface area (Å²) in [4.78, 5) is 8.24. The third kappa shape index (κ3) is 2.90. The van der Waals surface area contributed by atoms with Crippen LogP contribution in [0.3, 0.4) is 0 Å². The predicted octanol–water partition coefficient (Wildman–Crippen LogP) is 1.99. The van der Waals surface area contributed by atoms with Crippen LogP contribution in [-0.2, 0) is 5.54 Å². The fourth-order valence-electron chi connectivity index (χ4n) is 3.94. The molecule has 6 heteroatoms. The fraction of sp³-hybridized carbons (Fsp3) is 0.400. The van der Waals surface area contributed by atoms with Gasteiger partial charge >= 0.3 is 0 Å². The monoisotopic (exact) mass is 352 g/mol. The van der Waals surface area contributed by atoms with Gasteiger partial charge in [0.2, 0.25) is 5.88 Å². The van der Waals surface area contributed by atoms with E-state index in [1.165, 1.54) is 7.11 Å². The van der Waals surface area contributed by atoms with E-state index in [0.29, 0.717) is 24.5 Å². The molecule has 1 fully saturated rings. The highest BCUT2D eigenvalue weighted by molar-refractivity contribution is 5.63. The van der Waals surface area contributed by atoms with Crippen LogP contribution in [0, 0.1) is 11.3 Å². The zero-order valence-electron chi connectivity index (χ0n) is 15.4. The number of anilines is 1. The maximum atomic E-state index is 11.2. The van der Waals surface area contributed by atoms with E-state index in [0.717, 1.165) is 17.7 Å². The molecule has 1 saturated heterocycles. The zero-order valence-corrected chi connectivity index (χ0v) is 15.4. The second kappa shape index (κ2) is 7.32. The Morgan fingerprint density at radius 3 is 2.62 bits per heavy atom. The summed E-state index contributed by atoms with van der Waals surface area (Å²) in [6.45, 7) is 1.14. The Morgan fingerprint density at radius 1 is 1.31 bits per heavy atom. The van der Waals surface area contributed by atoms with E-state index in [1.54, 1.807) is 12.3 Å². The lowest BCUT2D eigenvalue weighted by Crippen LogP contribution is -2.60. The van der Waals surface area contributed by atoms with Gasteiger partial charge in [-0.3, -0.25) is 4.90 Å². The second-order valence-corrected chi connectivity index (χ2v) is 6.72. The molecule has 0 amide bonds. The standard InChI is InChI=1S/C20H24N4O2/c1-23(2)20(15-7-5-4-6-8-15)10-12-24(14-18(20)25)17-9-11-22-19(26-3)16(17)13-21/h4-9,11,18,25H,10,12,14H2,1-3H3/t18-,20+/m1/s1. The number of ether oxygens (including phenoxy) is 1. The van der Waals surface area contributed by atoms with E-state index in [9.17, 15) is 10.4 Å². The summed E-state index contributed by atoms with van der Waals surface area (Å²) in [7, 11) is 5.51. The Kier molecular flexibility index (Phi) is 5.12. The van der Waals surface area contributed by atoms with E-state index in [1.807, 2.05) is 37.2 Å². The van der Waals surface area contributed by atoms with Crippen LogP contribution < -0.4 is 9.64 Å². The first-order valence-electron chi connectivity index (χ1n) is 8.63. The van der Waals surface area contributed by atoms with Crippen molar-refractivity contribution in [3.63, 3.8) is 0 Å². The van der Waals surface area contributed by atoms with Crippen LogP contribution in [0.1, 0.15) is 17.5 Å². The minimum atomic E-state index is -0.612. The van der Waals surface area contributed by atoms with Gasteiger partial charge < -0.3 is 14.7 Å². The SMILES string of the molecule is COc1nccc(N2CC[C@@](c3ccccc3)(N(C)C)[C@H](O)C2)c1C#N. The molecule has 1 N–H and O–H groups in total. The Labute approximate surface area is 154 Å². The van der Waals surface area contributed by atoms with Crippen molar-refractivity contribution in [3.05, 3.63) is 53.7 Å². The van der Waals surface area contributed by atoms with Crippen molar-refractivity contribution < 1.29 is 9.84 Å². The van der Waals surface area contributed by atoms with Gasteiger partial charge in [-0.2, -0.15) is 5.26 Å². The third-order valence-electron chi connectivity index (χ3n) is 5.32. The molecular weight excluding hydrogens is 328 g/mol. The van der Waals surface area contributed by atoms with Crippen molar-refractivity contribution >= 4 is 5.69 Å². The summed E-state index contributed by atoms with van der Waals surface area (Å²) in [5.74, 6) is 0.312. The van der Waals surface area contributed by atoms with Gasteiger partial charge in [0.15, 0.2) is 0 Å². The second-order valence-electron chi connectivity index (χ2n) is 6.72. The Balaban J connectivity index is 1.95. The van der Waals surface area contributed by atoms with Crippen LogP contribution in [0.4, 0.5) is 5.69 Å². The minimum absolute atomic E-state index is 0.312. The quantitative estimate of drug-likeness (QED) is 0.907. The first-order chi connectivity index (χ1) is 12.5. The lowest BCUT2D eigenvalue weighted by Gasteiger charge is -2.50. The third-order valence-corrected chi connectivity index (χ3v) is 5.32. The van der Waals surface area contributed by atoms with Gasteiger partial charge in [0, 0.05) is 19.3 Å². The molecule has 1 aliphatic heterocycles. The molecule has 1 aromatic carbocycles. The lowest BCUT2D eigenvalue weighted by atomic mass is 9.77. The summed E-state index contributed by atoms with van der Waals surface area (Å²) >= 11 is 0. The van der Waals surface area contributed by atoms with Gasteiger partial charge in [-0.15, -0.1) is 0 Å². The van der Waals surface area contributed by atoms with Crippen LogP contribution in [0.5, 0.6) is 5.88 Å². The molecule has 0 radical (unpaired) electrons. The predicted molar refractivity (Wildman–Crippen MR) is 100 cm³/mol. The number of β-amino-alcohol motifs (C(OH)–C–C–N with tert-alkyl or cyclic N) is 1. The van der Waals surface area contributed by atoms with Gasteiger partial charge in [0.25, 0.3) is 0 Å². The van der Waals surface area contributed by atoms with E-state index in [4.69, 9.17) is 4.74 Å². The number of hydrogen-bond donors (Lipinski definition) is 1. The number of benzene rings is 1. The van der Waals surface area contributed by atoms with Gasteiger partial charge in [0.1, 0.15) is 11.6 Å². The van der Waals surface area contributed by atoms with Gasteiger partial charge in [-0.1, -0.05) is 30.3 Å². The highest BCUT2D eigenvalue weighted by Gasteiger charge is 2.45. The van der Waals surface area contributed by atoms with Crippen molar-refractivity contribution in [1.82, 2.24) is 9.88 Å². The molecule has 3 rings (SSSR count). The number of likely N-dealkylation sites (N-methyl/N-ethyl adjacent to an activating group) is 1. The summed E-state index contributed by atoms with van der Waals surface area (Å²) in [6.07, 6.45) is 1.76. The molecule has 1 aliphatic rings. The number of aliphatic hydroxyl groups is 1. The zero-order chi connectivity index (χ0) is 18.7. The van der Waals surface area contributed by atoms with Crippen molar-refractivity contribution in [1.29, 1.82) is 5.26 Å². The smallest absolute Gasteiger partial charge is 0.233 e. The molecule has 0 spiro atoms. The number of nitrogens with zero attached hydrogens (tertiary/aromatic N) is 4. The Bertz CT molecular complexity index is 803. The lowest BCUT2D eigenvalue weighted by molar-refractivity contribution is -0.0245. The first kappa shape index (κ1) is 18.2. The molecule has 2 atom stereocenters. The topological polar surface area (TPSA) is 72.6 Å². The van der Waals surface area contributed by atoms with Crippen LogP contribution in [0.2, 0.25) is 0 Å². The minimum Gasteiger partial charge on any atom is -0.480 e. The number of piperidine rings is 1. The summed E-state index contributed by atoms with van der Waals surface area (Å²) in [5, 5.41) is 20.7. The number of methoxy groups -OCH3 is 1. The van der Waals surface area contributed by atoms with Gasteiger partial charge in [-0.25, -0.2) is 4.98 Å². The highest BCUT2D eigenvalue weighted by Crippen LogP contribution is 2.39. The maximum absolute atomic E-state index is 11.2. The van der Waals surface area contributed by atoms with Crippen LogP contribution in [-0.4, -0.2) is 55.4 Å². The van der Waals surface area contributed by atoms with Gasteiger partial charge in [-0.05, 0) is 32.1 Å². The molecule has 2 heterocycles. The molecule has 2 aromatic rings. The van der Waals surface area contributed by atoms with E-state index in [-0.39, 0.29) is 0 Å². The first-order valence-corrected chi connectivity index (χ1v) is 8.63. The number of rotatable bonds is 4. The molecule has 0 aliphatic carbocycles. The van der Waals surface area contributed by atoms with E-state index in [2.05, 4.69) is 28.1 Å². The average Bonchev–Trinajstić information content (AvgIpc) is 2.67. The average molecular weight is 352 g/mol. The molecule has 26 heavy (non-hydrogen) atoms. The summed E-state index contributed by atoms with van der Waals surface area (Å²) < 4.78 is 5.21. The molecular formula is C20H24N4O2. The normalized spacial score (nSPS) is 22.9. The van der Waals surface area contributed by atoms with Crippen molar-refractivity contribution in [2.24, 2.45) is 0 Å². The number of pyridine rings is 1. The molecule has 0 bridgehead atoms. The largest absolute Gasteiger partial charge is 0.480 e. The van der Waals surface area contributed by atoms with Gasteiger partial charge in [0.05, 0.1) is 24.4 Å². The van der Waals surface area contributed by atoms with E-state index < -0.39 is 11.6 Å². The van der Waals surface area contributed by atoms with E-state index >= 15 is 0 Å². The van der Waals surface area contributed by atoms with Crippen molar-refractivity contribution in [2.45, 2.75) is 18.1 Å². The number of hydrogen-bond acceptors (Lipinski definition) is 6. The number of nitriles is 1. The molecule has 1 aromatic heterocycles. The summed E-state index contributed by atoms with van der Waals surface area (Å²) in [6, 6.07) is 14.1. The fourth-order valence-corrected chi connectivity index (χ4v) is 3.94. The van der Waals surface area contributed by atoms with Crippen molar-refractivity contribution in [3.8, 4) is 11.9 Å². The highest BCUT2D eigenvalue weighted by atomic mass is 16.5. The number of aromatic nitrogens is 1. The van der Waals surface area contributed by atoms with Crippen molar-refractivity contribution in [2.75, 3.05) is 39.2 Å². The molecule has 0 unspecified atom stereocenters. The van der Waals surface area contributed by atoms with Crippen LogP contribution in [0.15, 0.2) is 42.6 Å². The summed E-state index contributed by atoms with van der Waals surface area (Å²) in [5.41, 5.74) is 1.80. The number of aliphatic hydroxyl groups excluding tert-OH is 1. The van der Waals surface area contributed by atoms with Crippen LogP contribution >= 0.6 is 0 Å². The molecule has 0 saturated carbocycles. The van der Waals surface area contributed by atoms with Crippen LogP contribution in [0.25, 0.3) is 0 Å². The molecule has 136 valence electrons. The Morgan fingerprint density at radius 2 is 2.04 bits per heavy atom. The molecule has 6 nitrogen and oxygen atoms in total.